The predicted octanol–water partition coefficient (Wildman–Crippen LogP) is 6.39. The van der Waals surface area contributed by atoms with Crippen molar-refractivity contribution in [2.45, 2.75) is 39.0 Å². The Bertz CT molecular complexity index is 1160. The molecular weight excluding hydrogens is 469 g/mol. The number of aromatic nitrogens is 1. The number of halogens is 4. The van der Waals surface area contributed by atoms with E-state index < -0.39 is 23.5 Å². The van der Waals surface area contributed by atoms with Gasteiger partial charge in [0.1, 0.15) is 5.69 Å². The molecule has 1 heterocycles. The highest BCUT2D eigenvalue weighted by Gasteiger charge is 2.41. The summed E-state index contributed by atoms with van der Waals surface area (Å²) in [7, 11) is 1.42. The van der Waals surface area contributed by atoms with Gasteiger partial charge in [-0.05, 0) is 49.6 Å². The van der Waals surface area contributed by atoms with Crippen LogP contribution < -0.4 is 4.74 Å². The number of likely N-dealkylation sites (N-methyl/N-ethyl adjacent to an activating group) is 1. The van der Waals surface area contributed by atoms with Gasteiger partial charge in [0, 0.05) is 17.6 Å². The third-order valence-corrected chi connectivity index (χ3v) is 6.05. The maximum Gasteiger partial charge on any atom is 0.431 e. The van der Waals surface area contributed by atoms with Gasteiger partial charge in [-0.2, -0.15) is 13.2 Å². The third-order valence-electron chi connectivity index (χ3n) is 5.80. The lowest BCUT2D eigenvalue weighted by Crippen LogP contribution is -2.49. The van der Waals surface area contributed by atoms with Crippen LogP contribution in [0.2, 0.25) is 5.02 Å². The molecule has 0 fully saturated rings. The Balaban J connectivity index is 2.26. The van der Waals surface area contributed by atoms with Gasteiger partial charge in [-0.15, -0.1) is 0 Å². The van der Waals surface area contributed by atoms with Crippen molar-refractivity contribution in [3.63, 3.8) is 0 Å². The lowest BCUT2D eigenvalue weighted by atomic mass is 10.0. The summed E-state index contributed by atoms with van der Waals surface area (Å²) in [5.74, 6) is -0.235. The van der Waals surface area contributed by atoms with E-state index in [0.29, 0.717) is 16.1 Å². The second-order valence-electron chi connectivity index (χ2n) is 8.63. The molecule has 0 aliphatic heterocycles. The highest BCUT2D eigenvalue weighted by atomic mass is 35.5. The highest BCUT2D eigenvalue weighted by molar-refractivity contribution is 6.30. The van der Waals surface area contributed by atoms with E-state index in [2.05, 4.69) is 0 Å². The van der Waals surface area contributed by atoms with Gasteiger partial charge in [-0.1, -0.05) is 54.1 Å². The van der Waals surface area contributed by atoms with E-state index in [1.54, 1.807) is 68.4 Å². The van der Waals surface area contributed by atoms with Crippen molar-refractivity contribution in [2.24, 2.45) is 0 Å². The minimum Gasteiger partial charge on any atom is -0.394 e. The number of aliphatic hydroxyl groups is 1. The van der Waals surface area contributed by atoms with Gasteiger partial charge in [0.25, 0.3) is 0 Å². The second kappa shape index (κ2) is 9.72. The molecular formula is C25H26ClF3N2O3. The molecule has 0 saturated heterocycles. The van der Waals surface area contributed by atoms with E-state index >= 15 is 0 Å². The van der Waals surface area contributed by atoms with Gasteiger partial charge in [-0.3, -0.25) is 0 Å². The monoisotopic (exact) mass is 494 g/mol. The van der Waals surface area contributed by atoms with E-state index in [9.17, 15) is 23.1 Å². The Morgan fingerprint density at radius 3 is 2.21 bits per heavy atom. The van der Waals surface area contributed by atoms with Gasteiger partial charge < -0.3 is 19.3 Å². The number of benzene rings is 2. The molecule has 34 heavy (non-hydrogen) atoms. The number of ether oxygens (including phenoxy) is 1. The Morgan fingerprint density at radius 1 is 1.09 bits per heavy atom. The number of aliphatic hydroxyl groups excluding tert-OH is 1. The van der Waals surface area contributed by atoms with Crippen molar-refractivity contribution in [1.82, 2.24) is 9.47 Å². The van der Waals surface area contributed by atoms with Crippen LogP contribution in [0, 0.1) is 6.92 Å². The number of carbonyl (C=O) groups is 1. The van der Waals surface area contributed by atoms with Crippen LogP contribution in [-0.2, 0) is 12.7 Å². The number of carbonyl (C=O) groups excluding carboxylic acids is 1. The molecule has 182 valence electrons. The van der Waals surface area contributed by atoms with Crippen LogP contribution in [0.15, 0.2) is 54.6 Å². The molecule has 3 rings (SSSR count). The standard InChI is InChI=1S/C25H26ClF3N2O3/c1-16-20(18-10-12-19(26)13-11-18)22(34-23(33)30(4)24(2,3)15-32)31(21(16)25(27,28)29)14-17-8-6-5-7-9-17/h5-13,32H,14-15H2,1-4H3. The molecule has 0 aliphatic rings. The lowest BCUT2D eigenvalue weighted by Gasteiger charge is -2.33. The van der Waals surface area contributed by atoms with Crippen LogP contribution in [0.1, 0.15) is 30.7 Å². The van der Waals surface area contributed by atoms with Crippen LogP contribution in [-0.4, -0.2) is 39.9 Å². The van der Waals surface area contributed by atoms with E-state index in [4.69, 9.17) is 16.3 Å². The molecule has 0 saturated carbocycles. The fourth-order valence-electron chi connectivity index (χ4n) is 3.57. The van der Waals surface area contributed by atoms with Crippen LogP contribution in [0.5, 0.6) is 5.88 Å². The SMILES string of the molecule is Cc1c(-c2ccc(Cl)cc2)c(OC(=O)N(C)C(C)(C)CO)n(Cc2ccccc2)c1C(F)(F)F. The molecule has 1 N–H and O–H groups in total. The van der Waals surface area contributed by atoms with Gasteiger partial charge in [-0.25, -0.2) is 4.79 Å². The normalized spacial score (nSPS) is 12.0. The molecule has 0 bridgehead atoms. The first-order valence-electron chi connectivity index (χ1n) is 10.5. The fraction of sp³-hybridized carbons (Fsp3) is 0.320. The smallest absolute Gasteiger partial charge is 0.394 e. The summed E-state index contributed by atoms with van der Waals surface area (Å²) in [6, 6.07) is 14.9. The van der Waals surface area contributed by atoms with Crippen molar-refractivity contribution in [2.75, 3.05) is 13.7 Å². The lowest BCUT2D eigenvalue weighted by molar-refractivity contribution is -0.144. The number of hydrogen-bond acceptors (Lipinski definition) is 3. The molecule has 0 atom stereocenters. The Hall–Kier alpha value is -2.97. The van der Waals surface area contributed by atoms with Crippen molar-refractivity contribution in [3.05, 3.63) is 76.4 Å². The first-order chi connectivity index (χ1) is 15.9. The van der Waals surface area contributed by atoms with Gasteiger partial charge in [0.2, 0.25) is 5.88 Å². The van der Waals surface area contributed by atoms with Gasteiger partial charge in [0.15, 0.2) is 0 Å². The number of alkyl halides is 3. The zero-order valence-corrected chi connectivity index (χ0v) is 20.0. The molecule has 0 aliphatic carbocycles. The second-order valence-corrected chi connectivity index (χ2v) is 9.06. The summed E-state index contributed by atoms with van der Waals surface area (Å²) in [6.07, 6.45) is -5.60. The molecule has 0 unspecified atom stereocenters. The molecule has 3 aromatic rings. The van der Waals surface area contributed by atoms with Crippen molar-refractivity contribution in [3.8, 4) is 17.0 Å². The minimum absolute atomic E-state index is 0.0716. The van der Waals surface area contributed by atoms with E-state index in [0.717, 1.165) is 9.47 Å². The van der Waals surface area contributed by atoms with Crippen LogP contribution in [0.25, 0.3) is 11.1 Å². The zero-order valence-electron chi connectivity index (χ0n) is 19.3. The summed E-state index contributed by atoms with van der Waals surface area (Å²) in [6.45, 7) is 4.06. The molecule has 5 nitrogen and oxygen atoms in total. The summed E-state index contributed by atoms with van der Waals surface area (Å²) in [5, 5.41) is 10.0. The molecule has 1 amide bonds. The molecule has 1 aromatic heterocycles. The van der Waals surface area contributed by atoms with Crippen LogP contribution in [0.3, 0.4) is 0 Å². The summed E-state index contributed by atoms with van der Waals surface area (Å²) >= 11 is 5.99. The maximum atomic E-state index is 14.3. The molecule has 9 heteroatoms. The number of hydrogen-bond donors (Lipinski definition) is 1. The highest BCUT2D eigenvalue weighted by Crippen LogP contribution is 2.45. The summed E-state index contributed by atoms with van der Waals surface area (Å²) < 4.78 is 49.5. The number of rotatable bonds is 6. The van der Waals surface area contributed by atoms with E-state index in [1.807, 2.05) is 0 Å². The van der Waals surface area contributed by atoms with Gasteiger partial charge >= 0.3 is 12.3 Å². The maximum absolute atomic E-state index is 14.3. The predicted molar refractivity (Wildman–Crippen MR) is 125 cm³/mol. The quantitative estimate of drug-likeness (QED) is 0.432. The Morgan fingerprint density at radius 2 is 1.68 bits per heavy atom. The molecule has 2 aromatic carbocycles. The van der Waals surface area contributed by atoms with Crippen LogP contribution in [0.4, 0.5) is 18.0 Å². The Labute approximate surface area is 201 Å². The van der Waals surface area contributed by atoms with Crippen molar-refractivity contribution < 1.29 is 27.8 Å². The average Bonchev–Trinajstić information content (AvgIpc) is 3.05. The third kappa shape index (κ3) is 5.23. The Kier molecular flexibility index (Phi) is 7.33. The molecule has 0 radical (unpaired) electrons. The van der Waals surface area contributed by atoms with Crippen molar-refractivity contribution in [1.29, 1.82) is 0 Å². The van der Waals surface area contributed by atoms with Crippen LogP contribution >= 0.6 is 11.6 Å². The summed E-state index contributed by atoms with van der Waals surface area (Å²) in [5.41, 5.74) is -0.802. The first-order valence-corrected chi connectivity index (χ1v) is 10.9. The number of nitrogens with zero attached hydrogens (tertiary/aromatic N) is 2. The fourth-order valence-corrected chi connectivity index (χ4v) is 3.69. The zero-order chi connectivity index (χ0) is 25.3. The van der Waals surface area contributed by atoms with Gasteiger partial charge in [0.05, 0.1) is 18.7 Å². The number of amides is 1. The largest absolute Gasteiger partial charge is 0.431 e. The first kappa shape index (κ1) is 25.6. The van der Waals surface area contributed by atoms with E-state index in [-0.39, 0.29) is 30.2 Å². The summed E-state index contributed by atoms with van der Waals surface area (Å²) in [4.78, 5) is 14.2. The van der Waals surface area contributed by atoms with E-state index in [1.165, 1.54) is 14.0 Å². The molecule has 0 spiro atoms. The average molecular weight is 495 g/mol. The minimum atomic E-state index is -4.71. The van der Waals surface area contributed by atoms with Crippen molar-refractivity contribution >= 4 is 17.7 Å². The topological polar surface area (TPSA) is 54.7 Å².